The van der Waals surface area contributed by atoms with Crippen LogP contribution in [0.2, 0.25) is 0 Å². The fraction of sp³-hybridized carbons (Fsp3) is 0.585. The Kier molecular flexibility index (Phi) is 10.5. The number of carbonyl (C=O) groups excluding carboxylic acids is 1. The van der Waals surface area contributed by atoms with E-state index in [-0.39, 0.29) is 44.6 Å². The van der Waals surface area contributed by atoms with Gasteiger partial charge in [0.05, 0.1) is 6.42 Å². The summed E-state index contributed by atoms with van der Waals surface area (Å²) in [5, 5.41) is 3.26. The first-order valence-electron chi connectivity index (χ1n) is 18.3. The smallest absolute Gasteiger partial charge is 0.224 e. The fourth-order valence-electron chi connectivity index (χ4n) is 8.07. The maximum Gasteiger partial charge on any atom is 0.224 e. The third-order valence-corrected chi connectivity index (χ3v) is 12.0. The summed E-state index contributed by atoms with van der Waals surface area (Å²) in [6.07, 6.45) is 12.9. The zero-order chi connectivity index (χ0) is 33.6. The standard InChI is InChI=1S/C36H49N5O.C5H10.Fe/c1-33(2)24-13-14-25(38-24)34(3,4)27-17-18-29(40-27)36(7,8)32-23(20-31(42)37-21-22-11-9-10-12-22)19-30(41-32)35(5,6)28-16-15-26(33)39-28;1-2-4-5-3-1;/h13-19,22,38-41H,9-12,20-21H2,1-8H3,(H,37,42);1-5H2;. The van der Waals surface area contributed by atoms with E-state index in [0.717, 1.165) is 40.6 Å². The van der Waals surface area contributed by atoms with Crippen LogP contribution in [0.3, 0.4) is 0 Å². The Morgan fingerprint density at radius 3 is 1.38 bits per heavy atom. The van der Waals surface area contributed by atoms with Crippen LogP contribution in [-0.4, -0.2) is 32.4 Å². The molecule has 1 amide bonds. The third-order valence-electron chi connectivity index (χ3n) is 12.0. The van der Waals surface area contributed by atoms with Crippen LogP contribution < -0.4 is 5.32 Å². The van der Waals surface area contributed by atoms with Crippen molar-refractivity contribution >= 4 is 5.91 Å². The number of aromatic amines is 4. The first-order chi connectivity index (χ1) is 22.2. The van der Waals surface area contributed by atoms with Crippen molar-refractivity contribution in [3.05, 3.63) is 93.6 Å². The molecule has 3 aliphatic rings. The van der Waals surface area contributed by atoms with Gasteiger partial charge in [-0.2, -0.15) is 0 Å². The normalized spacial score (nSPS) is 20.4. The molecule has 0 spiro atoms. The fourth-order valence-corrected chi connectivity index (χ4v) is 8.07. The molecule has 0 aromatic carbocycles. The minimum Gasteiger partial charge on any atom is -0.361 e. The molecule has 6 nitrogen and oxygen atoms in total. The Balaban J connectivity index is 0.000000689. The molecular formula is C41H59FeN5O. The first-order valence-corrected chi connectivity index (χ1v) is 18.3. The van der Waals surface area contributed by atoms with E-state index in [1.807, 2.05) is 0 Å². The summed E-state index contributed by atoms with van der Waals surface area (Å²) in [5.74, 6) is 0.726. The molecule has 0 unspecified atom stereocenters. The topological polar surface area (TPSA) is 92.3 Å². The molecule has 48 heavy (non-hydrogen) atoms. The molecule has 2 fully saturated rings. The van der Waals surface area contributed by atoms with Gasteiger partial charge in [-0.1, -0.05) is 44.9 Å². The van der Waals surface area contributed by atoms with E-state index in [4.69, 9.17) is 0 Å². The van der Waals surface area contributed by atoms with E-state index < -0.39 is 0 Å². The van der Waals surface area contributed by atoms with Crippen molar-refractivity contribution in [1.82, 2.24) is 25.3 Å². The number of fused-ring (bicyclic) bond motifs is 8. The van der Waals surface area contributed by atoms with Gasteiger partial charge < -0.3 is 25.3 Å². The van der Waals surface area contributed by atoms with Crippen LogP contribution in [0.15, 0.2) is 42.5 Å². The number of nitrogens with one attached hydrogen (secondary N) is 5. The van der Waals surface area contributed by atoms with Crippen molar-refractivity contribution in [2.24, 2.45) is 5.92 Å². The number of amides is 1. The minimum atomic E-state index is -0.370. The number of carbonyl (C=O) groups is 1. The van der Waals surface area contributed by atoms with Gasteiger partial charge in [0.15, 0.2) is 0 Å². The zero-order valence-corrected chi connectivity index (χ0v) is 31.8. The molecule has 2 saturated carbocycles. The molecule has 5 heterocycles. The Hall–Kier alpha value is -2.89. The molecule has 262 valence electrons. The van der Waals surface area contributed by atoms with E-state index in [9.17, 15) is 4.79 Å². The quantitative estimate of drug-likeness (QED) is 0.136. The van der Waals surface area contributed by atoms with Gasteiger partial charge in [-0.3, -0.25) is 4.79 Å². The van der Waals surface area contributed by atoms with E-state index in [0.29, 0.717) is 12.3 Å². The van der Waals surface area contributed by atoms with E-state index in [1.165, 1.54) is 74.9 Å². The molecule has 4 aromatic heterocycles. The Bertz CT molecular complexity index is 1670. The van der Waals surface area contributed by atoms with Crippen LogP contribution in [-0.2, 0) is 49.9 Å². The van der Waals surface area contributed by atoms with Crippen molar-refractivity contribution in [2.75, 3.05) is 6.54 Å². The summed E-state index contributed by atoms with van der Waals surface area (Å²) >= 11 is 0. The summed E-state index contributed by atoms with van der Waals surface area (Å²) in [7, 11) is 0. The summed E-state index contributed by atoms with van der Waals surface area (Å²) in [5.41, 5.74) is 9.07. The molecule has 8 bridgehead atoms. The van der Waals surface area contributed by atoms with Crippen LogP contribution in [0.4, 0.5) is 0 Å². The van der Waals surface area contributed by atoms with Crippen molar-refractivity contribution in [1.29, 1.82) is 0 Å². The summed E-state index contributed by atoms with van der Waals surface area (Å²) < 4.78 is 0. The van der Waals surface area contributed by atoms with Gasteiger partial charge >= 0.3 is 0 Å². The van der Waals surface area contributed by atoms with Crippen molar-refractivity contribution in [2.45, 2.75) is 141 Å². The molecular weight excluding hydrogens is 634 g/mol. The van der Waals surface area contributed by atoms with Crippen LogP contribution in [0.1, 0.15) is 164 Å². The van der Waals surface area contributed by atoms with Crippen molar-refractivity contribution < 1.29 is 21.9 Å². The van der Waals surface area contributed by atoms with E-state index in [2.05, 4.69) is 123 Å². The number of aromatic nitrogens is 4. The molecule has 7 heteroatoms. The molecule has 0 saturated heterocycles. The summed E-state index contributed by atoms with van der Waals surface area (Å²) in [4.78, 5) is 28.6. The summed E-state index contributed by atoms with van der Waals surface area (Å²) in [6.45, 7) is 18.9. The average Bonchev–Trinajstić information content (AvgIpc) is 3.86. The van der Waals surface area contributed by atoms with Gasteiger partial charge in [-0.25, -0.2) is 0 Å². The van der Waals surface area contributed by atoms with Gasteiger partial charge in [-0.15, -0.1) is 0 Å². The Labute approximate surface area is 299 Å². The predicted molar refractivity (Wildman–Crippen MR) is 193 cm³/mol. The molecule has 4 aromatic rings. The second-order valence-corrected chi connectivity index (χ2v) is 16.8. The predicted octanol–water partition coefficient (Wildman–Crippen LogP) is 9.41. The zero-order valence-electron chi connectivity index (χ0n) is 30.7. The number of hydrogen-bond donors (Lipinski definition) is 5. The van der Waals surface area contributed by atoms with Crippen molar-refractivity contribution in [3.8, 4) is 0 Å². The van der Waals surface area contributed by atoms with Gasteiger partial charge in [0.2, 0.25) is 5.91 Å². The van der Waals surface area contributed by atoms with Gasteiger partial charge in [0, 0.05) is 90.8 Å². The van der Waals surface area contributed by atoms with E-state index in [1.54, 1.807) is 0 Å². The van der Waals surface area contributed by atoms with Gasteiger partial charge in [0.1, 0.15) is 0 Å². The maximum absolute atomic E-state index is 13.3. The van der Waals surface area contributed by atoms with Crippen LogP contribution in [0.25, 0.3) is 0 Å². The van der Waals surface area contributed by atoms with Crippen LogP contribution in [0.5, 0.6) is 0 Å². The molecule has 1 aliphatic heterocycles. The average molecular weight is 694 g/mol. The number of H-pyrrole nitrogens is 4. The maximum atomic E-state index is 13.3. The summed E-state index contributed by atoms with van der Waals surface area (Å²) in [6, 6.07) is 15.6. The van der Waals surface area contributed by atoms with E-state index >= 15 is 0 Å². The molecule has 0 atom stereocenters. The second-order valence-electron chi connectivity index (χ2n) is 16.8. The minimum absolute atomic E-state index is 0. The monoisotopic (exact) mass is 693 g/mol. The van der Waals surface area contributed by atoms with Crippen molar-refractivity contribution in [3.63, 3.8) is 0 Å². The second kappa shape index (κ2) is 13.8. The molecule has 5 N–H and O–H groups in total. The Morgan fingerprint density at radius 1 is 0.583 bits per heavy atom. The molecule has 7 rings (SSSR count). The van der Waals surface area contributed by atoms with Gasteiger partial charge in [0.25, 0.3) is 0 Å². The molecule has 2 aliphatic carbocycles. The third kappa shape index (κ3) is 6.92. The first kappa shape index (κ1) is 36.4. The van der Waals surface area contributed by atoms with Crippen LogP contribution in [0, 0.1) is 5.92 Å². The number of rotatable bonds is 4. The molecule has 0 radical (unpaired) electrons. The van der Waals surface area contributed by atoms with Gasteiger partial charge in [-0.05, 0) is 122 Å². The largest absolute Gasteiger partial charge is 0.361 e. The number of hydrogen-bond acceptors (Lipinski definition) is 1. The Morgan fingerprint density at radius 2 is 0.958 bits per heavy atom. The van der Waals surface area contributed by atoms with Crippen LogP contribution >= 0.6 is 0 Å². The SMILES string of the molecule is C1CCCC1.CC1(C)c2ccc([nH]2)C(C)(C)c2ccc([nH]2)C(C)(C)c2[nH]c(cc2CC(=O)NCC2CCCC2)C(C)(C)c2ccc1[nH]2.[Fe].